The van der Waals surface area contributed by atoms with Crippen LogP contribution in [0.15, 0.2) is 0 Å². The fourth-order valence-electron chi connectivity index (χ4n) is 9.24. The van der Waals surface area contributed by atoms with E-state index in [1.54, 1.807) is 62.3 Å². The highest BCUT2D eigenvalue weighted by Gasteiger charge is 2.44. The van der Waals surface area contributed by atoms with Gasteiger partial charge in [0.1, 0.15) is 0 Å². The summed E-state index contributed by atoms with van der Waals surface area (Å²) in [6, 6.07) is 0. The van der Waals surface area contributed by atoms with Crippen LogP contribution in [0.1, 0.15) is 257 Å². The molecule has 0 bridgehead atoms. The number of rotatable bonds is 47. The van der Waals surface area contributed by atoms with Crippen LogP contribution >= 0.6 is 63.1 Å². The third kappa shape index (κ3) is 54.6. The molecule has 15 unspecified atom stereocenters. The number of carboxylic acid groups (broad SMARTS) is 2. The van der Waals surface area contributed by atoms with Gasteiger partial charge in [0.15, 0.2) is 0 Å². The average molecular weight is 1600 g/mol. The first kappa shape index (κ1) is 115. The van der Waals surface area contributed by atoms with E-state index in [1.807, 2.05) is 104 Å². The third-order valence-corrected chi connectivity index (χ3v) is 21.6. The fourth-order valence-corrected chi connectivity index (χ4v) is 9.81. The van der Waals surface area contributed by atoms with Crippen molar-refractivity contribution in [1.29, 1.82) is 0 Å². The molecule has 12 N–H and O–H groups in total. The maximum Gasteiger partial charge on any atom is 0.311 e. The molecule has 23 nitrogen and oxygen atoms in total. The largest absolute Gasteiger partial charge is 0.481 e. The summed E-state index contributed by atoms with van der Waals surface area (Å²) in [5.74, 6) is 0.319. The van der Waals surface area contributed by atoms with Gasteiger partial charge in [0.25, 0.3) is 0 Å². The number of aliphatic hydroxyl groups excluding tert-OH is 2. The van der Waals surface area contributed by atoms with Crippen LogP contribution in [0.25, 0.3) is 0 Å². The van der Waals surface area contributed by atoms with Crippen LogP contribution in [0.5, 0.6) is 0 Å². The summed E-state index contributed by atoms with van der Waals surface area (Å²) in [5.41, 5.74) is 11.7. The van der Waals surface area contributed by atoms with Crippen molar-refractivity contribution in [2.45, 2.75) is 275 Å². The number of hydrogen-bond donors (Lipinski definition) is 14. The number of thiol groups is 5. The highest BCUT2D eigenvalue weighted by atomic mass is 32.1. The lowest BCUT2D eigenvalue weighted by Crippen LogP contribution is -2.45. The number of aliphatic hydroxyl groups is 2. The molecule has 0 aromatic heterocycles. The van der Waals surface area contributed by atoms with E-state index < -0.39 is 50.3 Å². The number of amides is 5. The van der Waals surface area contributed by atoms with Gasteiger partial charge in [-0.25, -0.2) is 0 Å². The molecular formula is C77H153N5O18S5. The van der Waals surface area contributed by atoms with Crippen molar-refractivity contribution in [3.63, 3.8) is 0 Å². The third-order valence-electron chi connectivity index (χ3n) is 18.5. The highest BCUT2D eigenvalue weighted by Crippen LogP contribution is 2.40. The van der Waals surface area contributed by atoms with Gasteiger partial charge in [-0.3, -0.25) is 47.9 Å². The summed E-state index contributed by atoms with van der Waals surface area (Å²) < 4.78 is 21.0. The molecule has 0 aromatic carbocycles. The fraction of sp³-hybridized carbons (Fsp3) is 0.870. The van der Waals surface area contributed by atoms with E-state index in [1.165, 1.54) is 0 Å². The molecule has 0 aliphatic heterocycles. The maximum atomic E-state index is 12.2. The molecule has 0 fully saturated rings. The molecule has 0 aliphatic rings. The minimum absolute atomic E-state index is 0. The monoisotopic (exact) mass is 1600 g/mol. The van der Waals surface area contributed by atoms with Crippen LogP contribution < -0.4 is 27.8 Å². The lowest BCUT2D eigenvalue weighted by atomic mass is 9.71. The van der Waals surface area contributed by atoms with Gasteiger partial charge in [0.05, 0.1) is 72.8 Å². The van der Waals surface area contributed by atoms with Gasteiger partial charge in [-0.15, -0.1) is 0 Å². The zero-order valence-electron chi connectivity index (χ0n) is 68.4. The standard InChI is InChI=1S/C14H28N2O2S.C14H27NO3S.C14H26O4S.C12H24N2O2S.C12H22O4S.C10H22O3.CH4/c1-6-14(5,11(15)17)9-13(3,4)12(18)16-7-10(2)8-19;2*1-6-14(5,11(15)16)9-13(3,4)12(17)18-7-10(2)8-19;1-8(7-17)6-14-12(16)10(3)5-4-9(2)11(13)15;1-8(7-17)6-16-12(15)10(3)5-4-9(2)11(13)14;1-4-9(11)6-8(3)13-7-10(12)5-2;/h10,19H,6-9H2,1-5H3,(H2,15,17)(H,16,18);10,19H,6-9H2,1-5H3,(H2,15,16);10,19H,6-9H2,1-5H3,(H,15,16);8-10,17H,4-7H2,1-3H3,(H2,13,15)(H,14,16);8-10,17H,4-7H2,1-3H3,(H,13,14);8-12H,4-7H2,1-3H3;1H4. The SMILES string of the molecule is C.CC(CS)CNC(=O)C(C)CCC(C)C(N)=O.CC(CS)COC(=O)C(C)CCC(C)C(=O)O.CCC(C)(CC(C)(C)C(=O)NCC(C)CS)C(N)=O.CCC(C)(CC(C)(C)C(=O)OCC(C)CS)C(=O)O.CCC(C)(CC(C)(C)C(=O)OCC(C)CS)C(N)=O.CCC(O)COC(C)CC(O)CC. The Kier molecular flexibility index (Phi) is 65.6. The number of ether oxygens (including phenoxy) is 4. The van der Waals surface area contributed by atoms with Gasteiger partial charge in [0.2, 0.25) is 29.5 Å². The lowest BCUT2D eigenvalue weighted by molar-refractivity contribution is -0.161. The Morgan fingerprint density at radius 3 is 1.10 bits per heavy atom. The summed E-state index contributed by atoms with van der Waals surface area (Å²) in [6.45, 7) is 47.1. The summed E-state index contributed by atoms with van der Waals surface area (Å²) in [5, 5.41) is 42.3. The number of nitrogens with two attached hydrogens (primary N) is 3. The van der Waals surface area contributed by atoms with Gasteiger partial charge in [-0.05, 0) is 183 Å². The van der Waals surface area contributed by atoms with Crippen molar-refractivity contribution in [3.05, 3.63) is 0 Å². The molecular weight excluding hydrogens is 1440 g/mol. The quantitative estimate of drug-likeness (QED) is 0.0153. The number of nitrogens with one attached hydrogen (secondary N) is 2. The second-order valence-electron chi connectivity index (χ2n) is 31.7. The minimum Gasteiger partial charge on any atom is -0.481 e. The Labute approximate surface area is 663 Å². The lowest BCUT2D eigenvalue weighted by Gasteiger charge is -2.34. The van der Waals surface area contributed by atoms with Gasteiger partial charge >= 0.3 is 29.8 Å². The van der Waals surface area contributed by atoms with E-state index in [9.17, 15) is 63.3 Å². The Hall–Kier alpha value is -3.67. The number of carboxylic acids is 2. The predicted molar refractivity (Wildman–Crippen MR) is 442 cm³/mol. The average Bonchev–Trinajstić information content (AvgIpc) is 0.836. The molecule has 0 radical (unpaired) electrons. The smallest absolute Gasteiger partial charge is 0.311 e. The van der Waals surface area contributed by atoms with Crippen molar-refractivity contribution in [2.24, 2.45) is 103 Å². The van der Waals surface area contributed by atoms with Gasteiger partial charge in [0, 0.05) is 41.2 Å². The Morgan fingerprint density at radius 2 is 0.762 bits per heavy atom. The van der Waals surface area contributed by atoms with E-state index >= 15 is 0 Å². The molecule has 624 valence electrons. The molecule has 0 rings (SSSR count). The van der Waals surface area contributed by atoms with Crippen molar-refractivity contribution in [1.82, 2.24) is 10.6 Å². The second-order valence-corrected chi connectivity index (χ2v) is 33.5. The first-order valence-electron chi connectivity index (χ1n) is 37.1. The Bertz CT molecular complexity index is 2250. The number of carbonyl (C=O) groups is 10. The molecule has 0 saturated heterocycles. The Morgan fingerprint density at radius 1 is 0.429 bits per heavy atom. The van der Waals surface area contributed by atoms with E-state index in [2.05, 4.69) is 73.8 Å². The van der Waals surface area contributed by atoms with E-state index in [0.29, 0.717) is 139 Å². The van der Waals surface area contributed by atoms with Gasteiger partial charge in [-0.2, -0.15) is 63.1 Å². The zero-order chi connectivity index (χ0) is 82.9. The van der Waals surface area contributed by atoms with Crippen LogP contribution in [0, 0.1) is 85.8 Å². The van der Waals surface area contributed by atoms with E-state index in [4.69, 9.17) is 41.3 Å². The molecule has 15 atom stereocenters. The molecule has 28 heteroatoms. The second kappa shape index (κ2) is 60.1. The molecule has 0 heterocycles. The number of esters is 3. The molecule has 0 aromatic rings. The van der Waals surface area contributed by atoms with Crippen molar-refractivity contribution in [3.8, 4) is 0 Å². The van der Waals surface area contributed by atoms with Crippen LogP contribution in [0.2, 0.25) is 0 Å². The van der Waals surface area contributed by atoms with E-state index in [-0.39, 0.29) is 115 Å². The van der Waals surface area contributed by atoms with Gasteiger partial charge < -0.3 is 67.2 Å². The first-order chi connectivity index (χ1) is 47.6. The maximum absolute atomic E-state index is 12.2. The summed E-state index contributed by atoms with van der Waals surface area (Å²) in [4.78, 5) is 115. The zero-order valence-corrected chi connectivity index (χ0v) is 72.8. The normalized spacial score (nSPS) is 16.4. The predicted octanol–water partition coefficient (Wildman–Crippen LogP) is 12.8. The topological polar surface area (TPSA) is 391 Å². The summed E-state index contributed by atoms with van der Waals surface area (Å²) in [6.07, 6.45) is 6.68. The van der Waals surface area contributed by atoms with Gasteiger partial charge in [-0.1, -0.05) is 132 Å². The number of hydrogen-bond acceptors (Lipinski definition) is 21. The van der Waals surface area contributed by atoms with Crippen LogP contribution in [0.4, 0.5) is 0 Å². The molecule has 0 aliphatic carbocycles. The van der Waals surface area contributed by atoms with Crippen LogP contribution in [-0.2, 0) is 66.9 Å². The molecule has 105 heavy (non-hydrogen) atoms. The van der Waals surface area contributed by atoms with Crippen molar-refractivity contribution in [2.75, 3.05) is 68.3 Å². The Balaban J connectivity index is -0.000000220. The summed E-state index contributed by atoms with van der Waals surface area (Å²) >= 11 is 20.7. The number of aliphatic carboxylic acids is 2. The highest BCUT2D eigenvalue weighted by molar-refractivity contribution is 7.80. The van der Waals surface area contributed by atoms with E-state index in [0.717, 1.165) is 17.9 Å². The number of carbonyl (C=O) groups excluding carboxylic acids is 8. The first-order valence-corrected chi connectivity index (χ1v) is 40.2. The summed E-state index contributed by atoms with van der Waals surface area (Å²) in [7, 11) is 0. The van der Waals surface area contributed by atoms with Crippen molar-refractivity contribution < 1.29 is 87.3 Å². The van der Waals surface area contributed by atoms with Crippen LogP contribution in [-0.4, -0.2) is 166 Å². The van der Waals surface area contributed by atoms with Crippen LogP contribution in [0.3, 0.4) is 0 Å². The molecule has 0 saturated carbocycles. The van der Waals surface area contributed by atoms with Crippen molar-refractivity contribution >= 4 is 123 Å². The number of primary amides is 3. The molecule has 5 amide bonds. The minimum atomic E-state index is -0.905. The molecule has 0 spiro atoms.